The van der Waals surface area contributed by atoms with Gasteiger partial charge < -0.3 is 10.6 Å². The summed E-state index contributed by atoms with van der Waals surface area (Å²) in [7, 11) is 0. The highest BCUT2D eigenvalue weighted by Gasteiger charge is 2.37. The van der Waals surface area contributed by atoms with Crippen LogP contribution in [-0.4, -0.2) is 33.1 Å². The van der Waals surface area contributed by atoms with E-state index in [2.05, 4.69) is 36.6 Å². The van der Waals surface area contributed by atoms with Crippen LogP contribution in [0.2, 0.25) is 10.0 Å². The van der Waals surface area contributed by atoms with E-state index in [-0.39, 0.29) is 27.1 Å². The molecule has 1 fully saturated rings. The van der Waals surface area contributed by atoms with Gasteiger partial charge in [-0.3, -0.25) is 9.59 Å². The summed E-state index contributed by atoms with van der Waals surface area (Å²) < 4.78 is 42.1. The maximum atomic E-state index is 13.5. The quantitative estimate of drug-likeness (QED) is 0.244. The van der Waals surface area contributed by atoms with Gasteiger partial charge in [-0.15, -0.1) is 0 Å². The minimum absolute atomic E-state index is 0.0205. The number of fused-ring (bicyclic) bond motifs is 1. The molecule has 1 aliphatic carbocycles. The third-order valence-electron chi connectivity index (χ3n) is 5.94. The van der Waals surface area contributed by atoms with Gasteiger partial charge in [0.15, 0.2) is 11.5 Å². The summed E-state index contributed by atoms with van der Waals surface area (Å²) in [5, 5.41) is 10.1. The second kappa shape index (κ2) is 10.2. The van der Waals surface area contributed by atoms with E-state index >= 15 is 0 Å². The van der Waals surface area contributed by atoms with Crippen LogP contribution in [0.5, 0.6) is 0 Å². The second-order valence-corrected chi connectivity index (χ2v) is 10.4. The summed E-state index contributed by atoms with van der Waals surface area (Å²) in [6.07, 6.45) is -1.52. The highest BCUT2D eigenvalue weighted by Crippen LogP contribution is 2.37. The van der Waals surface area contributed by atoms with Crippen LogP contribution in [0.25, 0.3) is 16.6 Å². The molecule has 1 saturated carbocycles. The monoisotopic (exact) mass is 625 g/mol. The lowest BCUT2D eigenvalue weighted by Gasteiger charge is -2.16. The van der Waals surface area contributed by atoms with Crippen molar-refractivity contribution in [1.82, 2.24) is 20.1 Å². The third-order valence-corrected chi connectivity index (χ3v) is 7.12. The van der Waals surface area contributed by atoms with Crippen molar-refractivity contribution in [3.8, 4) is 5.82 Å². The Hall–Kier alpha value is -3.15. The Balaban J connectivity index is 1.60. The van der Waals surface area contributed by atoms with Gasteiger partial charge in [0, 0.05) is 28.7 Å². The molecule has 4 aromatic rings. The fraction of sp³-hybridized carbons (Fsp3) is 0.200. The number of amides is 2. The zero-order valence-electron chi connectivity index (χ0n) is 19.2. The van der Waals surface area contributed by atoms with E-state index < -0.39 is 29.4 Å². The van der Waals surface area contributed by atoms with Gasteiger partial charge in [0.2, 0.25) is 0 Å². The van der Waals surface area contributed by atoms with Gasteiger partial charge in [-0.2, -0.15) is 18.3 Å². The molecule has 2 N–H and O–H groups in total. The Labute approximate surface area is 232 Å². The molecule has 0 bridgehead atoms. The molecule has 5 rings (SSSR count). The van der Waals surface area contributed by atoms with Crippen LogP contribution < -0.4 is 10.6 Å². The Morgan fingerprint density at radius 3 is 2.55 bits per heavy atom. The van der Waals surface area contributed by atoms with Crippen LogP contribution in [0.1, 0.15) is 39.4 Å². The van der Waals surface area contributed by atoms with Crippen molar-refractivity contribution in [3.05, 3.63) is 80.1 Å². The molecule has 0 saturated heterocycles. The van der Waals surface area contributed by atoms with Gasteiger partial charge >= 0.3 is 6.18 Å². The first-order valence-corrected chi connectivity index (χ1v) is 12.9. The zero-order chi connectivity index (χ0) is 27.2. The van der Waals surface area contributed by atoms with E-state index in [4.69, 9.17) is 23.2 Å². The highest BCUT2D eigenvalue weighted by molar-refractivity contribution is 9.10. The molecule has 0 spiro atoms. The topological polar surface area (TPSA) is 88.9 Å². The molecular formula is C25H17BrCl2F3N5O2. The number of hydrogen-bond donors (Lipinski definition) is 2. The van der Waals surface area contributed by atoms with E-state index in [0.717, 1.165) is 17.3 Å². The predicted octanol–water partition coefficient (Wildman–Crippen LogP) is 6.90. The first-order valence-electron chi connectivity index (χ1n) is 11.3. The highest BCUT2D eigenvalue weighted by atomic mass is 79.9. The minimum Gasteiger partial charge on any atom is -0.352 e. The molecule has 196 valence electrons. The lowest BCUT2D eigenvalue weighted by atomic mass is 10.0. The summed E-state index contributed by atoms with van der Waals surface area (Å²) in [4.78, 5) is 30.6. The number of rotatable bonds is 6. The smallest absolute Gasteiger partial charge is 0.352 e. The average Bonchev–Trinajstić information content (AvgIpc) is 3.58. The molecule has 2 heterocycles. The Morgan fingerprint density at radius 1 is 1.11 bits per heavy atom. The summed E-state index contributed by atoms with van der Waals surface area (Å²) in [6.45, 7) is 0.459. The second-order valence-electron chi connectivity index (χ2n) is 8.72. The Morgan fingerprint density at radius 2 is 1.87 bits per heavy atom. The van der Waals surface area contributed by atoms with Crippen LogP contribution in [-0.2, 0) is 6.18 Å². The number of anilines is 1. The first kappa shape index (κ1) is 26.5. The van der Waals surface area contributed by atoms with Crippen molar-refractivity contribution in [2.75, 3.05) is 11.9 Å². The third kappa shape index (κ3) is 5.36. The number of carbonyl (C=O) groups excluding carboxylic acids is 2. The predicted molar refractivity (Wildman–Crippen MR) is 141 cm³/mol. The molecule has 7 nitrogen and oxygen atoms in total. The van der Waals surface area contributed by atoms with E-state index in [1.165, 1.54) is 18.3 Å². The lowest BCUT2D eigenvalue weighted by Crippen LogP contribution is -2.27. The van der Waals surface area contributed by atoms with E-state index in [0.29, 0.717) is 34.0 Å². The van der Waals surface area contributed by atoms with Gasteiger partial charge in [-0.05, 0) is 54.5 Å². The molecular weight excluding hydrogens is 610 g/mol. The largest absolute Gasteiger partial charge is 0.435 e. The number of nitrogens with one attached hydrogen (secondary N) is 2. The lowest BCUT2D eigenvalue weighted by molar-refractivity contribution is -0.141. The fourth-order valence-corrected chi connectivity index (χ4v) is 4.74. The van der Waals surface area contributed by atoms with E-state index in [9.17, 15) is 22.8 Å². The van der Waals surface area contributed by atoms with Crippen LogP contribution in [0.15, 0.2) is 53.1 Å². The fourth-order valence-electron chi connectivity index (χ4n) is 3.84. The van der Waals surface area contributed by atoms with Crippen LogP contribution >= 0.6 is 39.1 Å². The normalized spacial score (nSPS) is 13.5. The molecule has 13 heteroatoms. The molecule has 2 amide bonds. The number of nitrogens with zero attached hydrogens (tertiary/aromatic N) is 3. The summed E-state index contributed by atoms with van der Waals surface area (Å²) >= 11 is 16.2. The number of pyridine rings is 1. The Kier molecular flexibility index (Phi) is 7.10. The van der Waals surface area contributed by atoms with Gasteiger partial charge in [0.05, 0.1) is 21.3 Å². The molecule has 2 aromatic heterocycles. The van der Waals surface area contributed by atoms with Crippen molar-refractivity contribution in [1.29, 1.82) is 0 Å². The van der Waals surface area contributed by atoms with Crippen molar-refractivity contribution in [3.63, 3.8) is 0 Å². The van der Waals surface area contributed by atoms with Crippen molar-refractivity contribution < 1.29 is 22.8 Å². The molecule has 0 radical (unpaired) electrons. The molecule has 0 aliphatic heterocycles. The van der Waals surface area contributed by atoms with Gasteiger partial charge in [-0.1, -0.05) is 45.2 Å². The Bertz CT molecular complexity index is 1590. The van der Waals surface area contributed by atoms with E-state index in [1.807, 2.05) is 0 Å². The zero-order valence-corrected chi connectivity index (χ0v) is 22.3. The molecule has 2 aromatic carbocycles. The van der Waals surface area contributed by atoms with Crippen molar-refractivity contribution >= 4 is 67.4 Å². The van der Waals surface area contributed by atoms with Crippen LogP contribution in [0.4, 0.5) is 18.9 Å². The van der Waals surface area contributed by atoms with Crippen molar-refractivity contribution in [2.24, 2.45) is 5.92 Å². The first-order chi connectivity index (χ1) is 18.0. The van der Waals surface area contributed by atoms with Gasteiger partial charge in [0.1, 0.15) is 5.69 Å². The summed E-state index contributed by atoms with van der Waals surface area (Å²) in [6, 6.07) is 10.2. The van der Waals surface area contributed by atoms with Crippen molar-refractivity contribution in [2.45, 2.75) is 19.0 Å². The summed E-state index contributed by atoms with van der Waals surface area (Å²) in [5.41, 5.74) is -1.81. The number of hydrogen-bond acceptors (Lipinski definition) is 4. The summed E-state index contributed by atoms with van der Waals surface area (Å²) in [5.74, 6) is -1.26. The number of aromatic nitrogens is 3. The molecule has 38 heavy (non-hydrogen) atoms. The number of halogens is 6. The number of carbonyl (C=O) groups is 2. The van der Waals surface area contributed by atoms with Gasteiger partial charge in [0.25, 0.3) is 11.8 Å². The number of alkyl halides is 3. The minimum atomic E-state index is -4.84. The maximum absolute atomic E-state index is 13.5. The average molecular weight is 627 g/mol. The SMILES string of the molecule is O=C(NCC1CC1)c1cc2cc(Br)ccc2c(Cl)c1NC(=O)c1cc(C(F)(F)F)nn1-c1ncccc1Cl. The molecule has 0 unspecified atom stereocenters. The molecule has 0 atom stereocenters. The van der Waals surface area contributed by atoms with Crippen LogP contribution in [0.3, 0.4) is 0 Å². The molecule has 1 aliphatic rings. The van der Waals surface area contributed by atoms with Gasteiger partial charge in [-0.25, -0.2) is 9.67 Å². The standard InChI is InChI=1S/C25H17BrCl2F3N5O2/c26-14-5-6-15-13(8-14)9-16(23(37)33-11-12-3-4-12)21(20(15)28)34-24(38)18-10-19(25(29,30)31)35-36(18)22-17(27)2-1-7-32-22/h1-2,5-10,12H,3-4,11H2,(H,33,37)(H,34,38). The van der Waals surface area contributed by atoms with E-state index in [1.54, 1.807) is 24.3 Å². The van der Waals surface area contributed by atoms with Crippen LogP contribution in [0, 0.1) is 5.92 Å². The number of benzene rings is 2. The maximum Gasteiger partial charge on any atom is 0.435 e.